The maximum Gasteiger partial charge on any atom is 0.240 e. The van der Waals surface area contributed by atoms with Gasteiger partial charge >= 0.3 is 0 Å². The van der Waals surface area contributed by atoms with E-state index in [9.17, 15) is 0 Å². The van der Waals surface area contributed by atoms with E-state index < -0.39 is 0 Å². The average molecular weight is 330 g/mol. The van der Waals surface area contributed by atoms with E-state index in [1.54, 1.807) is 7.11 Å². The van der Waals surface area contributed by atoms with Crippen LogP contribution >= 0.6 is 0 Å². The zero-order valence-electron chi connectivity index (χ0n) is 14.7. The summed E-state index contributed by atoms with van der Waals surface area (Å²) in [4.78, 5) is 6.86. The van der Waals surface area contributed by atoms with Crippen LogP contribution in [0.5, 0.6) is 0 Å². The number of aryl methyl sites for hydroxylation is 1. The monoisotopic (exact) mass is 330 g/mol. The quantitative estimate of drug-likeness (QED) is 0.878. The Balaban J connectivity index is 1.73. The van der Waals surface area contributed by atoms with Gasteiger partial charge in [-0.3, -0.25) is 4.90 Å². The summed E-state index contributed by atoms with van der Waals surface area (Å²) in [5.74, 6) is 1.25. The third-order valence-corrected chi connectivity index (χ3v) is 4.67. The number of nitrogens with zero attached hydrogens (tertiary/aromatic N) is 3. The highest BCUT2D eigenvalue weighted by atomic mass is 16.5. The number of nitrogens with one attached hydrogen (secondary N) is 1. The lowest BCUT2D eigenvalue weighted by Gasteiger charge is -2.35. The Kier molecular flexibility index (Phi) is 5.60. The molecule has 1 N–H and O–H groups in total. The molecule has 1 saturated heterocycles. The van der Waals surface area contributed by atoms with E-state index >= 15 is 0 Å². The van der Waals surface area contributed by atoms with E-state index in [2.05, 4.69) is 51.5 Å². The van der Waals surface area contributed by atoms with Crippen molar-refractivity contribution in [3.05, 3.63) is 47.1 Å². The summed E-state index contributed by atoms with van der Waals surface area (Å²) in [5.41, 5.74) is 2.69. The van der Waals surface area contributed by atoms with Crippen LogP contribution in [0.25, 0.3) is 0 Å². The molecule has 130 valence electrons. The van der Waals surface area contributed by atoms with E-state index in [1.807, 2.05) is 6.92 Å². The van der Waals surface area contributed by atoms with Gasteiger partial charge in [0, 0.05) is 32.8 Å². The lowest BCUT2D eigenvalue weighted by Crippen LogP contribution is -2.45. The first-order valence-electron chi connectivity index (χ1n) is 8.60. The summed E-state index contributed by atoms with van der Waals surface area (Å²) >= 11 is 0. The van der Waals surface area contributed by atoms with E-state index in [4.69, 9.17) is 9.26 Å². The second-order valence-electron chi connectivity index (χ2n) is 6.21. The number of hydrogen-bond donors (Lipinski definition) is 1. The minimum atomic E-state index is -0.150. The van der Waals surface area contributed by atoms with Crippen LogP contribution in [0.15, 0.2) is 28.8 Å². The number of rotatable bonds is 6. The highest BCUT2D eigenvalue weighted by molar-refractivity contribution is 5.25. The maximum absolute atomic E-state index is 5.41. The summed E-state index contributed by atoms with van der Waals surface area (Å²) in [6, 6.07) is 9.21. The SMILES string of the molecule is CCc1ccc(C2CNCCN2Cc2nc(C(C)OC)no2)cc1. The maximum atomic E-state index is 5.41. The zero-order valence-corrected chi connectivity index (χ0v) is 14.7. The number of piperazine rings is 1. The number of aromatic nitrogens is 2. The van der Waals surface area contributed by atoms with Gasteiger partial charge in [0.1, 0.15) is 6.10 Å². The van der Waals surface area contributed by atoms with Gasteiger partial charge < -0.3 is 14.6 Å². The van der Waals surface area contributed by atoms with Crippen LogP contribution in [-0.4, -0.2) is 41.8 Å². The second kappa shape index (κ2) is 7.88. The average Bonchev–Trinajstić information content (AvgIpc) is 3.10. The molecule has 1 aliphatic rings. The molecule has 2 aromatic rings. The molecule has 24 heavy (non-hydrogen) atoms. The number of benzene rings is 1. The summed E-state index contributed by atoms with van der Waals surface area (Å²) < 4.78 is 10.7. The van der Waals surface area contributed by atoms with Crippen molar-refractivity contribution in [2.75, 3.05) is 26.7 Å². The standard InChI is InChI=1S/C18H26N4O2/c1-4-14-5-7-15(8-6-14)16-11-19-9-10-22(16)12-17-20-18(21-24-17)13(2)23-3/h5-8,13,16,19H,4,9-12H2,1-3H3. The molecule has 0 amide bonds. The first-order chi connectivity index (χ1) is 11.7. The Morgan fingerprint density at radius 2 is 2.17 bits per heavy atom. The number of hydrogen-bond acceptors (Lipinski definition) is 6. The van der Waals surface area contributed by atoms with Crippen molar-refractivity contribution in [3.63, 3.8) is 0 Å². The summed E-state index contributed by atoms with van der Waals surface area (Å²) in [5, 5.41) is 7.50. The van der Waals surface area contributed by atoms with Gasteiger partial charge in [-0.1, -0.05) is 36.3 Å². The van der Waals surface area contributed by atoms with Gasteiger partial charge in [-0.15, -0.1) is 0 Å². The third-order valence-electron chi connectivity index (χ3n) is 4.67. The fraction of sp³-hybridized carbons (Fsp3) is 0.556. The van der Waals surface area contributed by atoms with Crippen LogP contribution in [0.4, 0.5) is 0 Å². The largest absolute Gasteiger partial charge is 0.374 e. The fourth-order valence-electron chi connectivity index (χ4n) is 3.02. The molecule has 0 aliphatic carbocycles. The molecular formula is C18H26N4O2. The lowest BCUT2D eigenvalue weighted by atomic mass is 10.0. The van der Waals surface area contributed by atoms with Gasteiger partial charge in [-0.2, -0.15) is 4.98 Å². The second-order valence-corrected chi connectivity index (χ2v) is 6.21. The van der Waals surface area contributed by atoms with Gasteiger partial charge in [-0.25, -0.2) is 0 Å². The molecule has 1 aromatic carbocycles. The van der Waals surface area contributed by atoms with Crippen molar-refractivity contribution in [1.82, 2.24) is 20.4 Å². The molecule has 0 radical (unpaired) electrons. The van der Waals surface area contributed by atoms with Gasteiger partial charge in [0.25, 0.3) is 0 Å². The van der Waals surface area contributed by atoms with E-state index in [-0.39, 0.29) is 6.10 Å². The van der Waals surface area contributed by atoms with Gasteiger partial charge in [0.05, 0.1) is 6.54 Å². The van der Waals surface area contributed by atoms with Crippen LogP contribution in [0.2, 0.25) is 0 Å². The van der Waals surface area contributed by atoms with Gasteiger partial charge in [0.15, 0.2) is 5.82 Å². The highest BCUT2D eigenvalue weighted by Gasteiger charge is 2.26. The van der Waals surface area contributed by atoms with Crippen LogP contribution in [-0.2, 0) is 17.7 Å². The van der Waals surface area contributed by atoms with Gasteiger partial charge in [-0.05, 0) is 24.5 Å². The first kappa shape index (κ1) is 17.1. The minimum Gasteiger partial charge on any atom is -0.374 e. The Morgan fingerprint density at radius 3 is 2.88 bits per heavy atom. The Bertz CT molecular complexity index is 641. The molecule has 2 heterocycles. The van der Waals surface area contributed by atoms with Crippen LogP contribution in [0, 0.1) is 0 Å². The topological polar surface area (TPSA) is 63.4 Å². The fourth-order valence-corrected chi connectivity index (χ4v) is 3.02. The third kappa shape index (κ3) is 3.83. The van der Waals surface area contributed by atoms with Crippen LogP contribution in [0.1, 0.15) is 48.8 Å². The van der Waals surface area contributed by atoms with E-state index in [0.29, 0.717) is 24.3 Å². The molecule has 0 saturated carbocycles. The summed E-state index contributed by atoms with van der Waals surface area (Å²) in [7, 11) is 1.65. The van der Waals surface area contributed by atoms with Crippen LogP contribution < -0.4 is 5.32 Å². The lowest BCUT2D eigenvalue weighted by molar-refractivity contribution is 0.109. The molecule has 0 bridgehead atoms. The Labute approximate surface area is 143 Å². The predicted molar refractivity (Wildman–Crippen MR) is 91.6 cm³/mol. The van der Waals surface area contributed by atoms with Crippen molar-refractivity contribution in [1.29, 1.82) is 0 Å². The summed E-state index contributed by atoms with van der Waals surface area (Å²) in [6.07, 6.45) is 0.915. The molecule has 1 aliphatic heterocycles. The Hall–Kier alpha value is -1.76. The molecule has 2 unspecified atom stereocenters. The van der Waals surface area contributed by atoms with Crippen molar-refractivity contribution >= 4 is 0 Å². The van der Waals surface area contributed by atoms with Crippen molar-refractivity contribution in [3.8, 4) is 0 Å². The smallest absolute Gasteiger partial charge is 0.240 e. The predicted octanol–water partition coefficient (Wildman–Crippen LogP) is 2.49. The molecule has 1 fully saturated rings. The normalized spacial score (nSPS) is 20.2. The molecule has 6 nitrogen and oxygen atoms in total. The molecule has 3 rings (SSSR count). The Morgan fingerprint density at radius 1 is 1.38 bits per heavy atom. The molecular weight excluding hydrogens is 304 g/mol. The van der Waals surface area contributed by atoms with Crippen molar-refractivity contribution in [2.45, 2.75) is 39.0 Å². The van der Waals surface area contributed by atoms with Crippen molar-refractivity contribution in [2.24, 2.45) is 0 Å². The minimum absolute atomic E-state index is 0.150. The van der Waals surface area contributed by atoms with E-state index in [0.717, 1.165) is 26.1 Å². The molecule has 0 spiro atoms. The van der Waals surface area contributed by atoms with Gasteiger partial charge in [0.2, 0.25) is 5.89 Å². The number of ether oxygens (including phenoxy) is 1. The summed E-state index contributed by atoms with van der Waals surface area (Å²) in [6.45, 7) is 7.61. The molecule has 6 heteroatoms. The van der Waals surface area contributed by atoms with Crippen LogP contribution in [0.3, 0.4) is 0 Å². The number of methoxy groups -OCH3 is 1. The molecule has 2 atom stereocenters. The van der Waals surface area contributed by atoms with E-state index in [1.165, 1.54) is 11.1 Å². The van der Waals surface area contributed by atoms with Crippen molar-refractivity contribution < 1.29 is 9.26 Å². The molecule has 1 aromatic heterocycles. The zero-order chi connectivity index (χ0) is 16.9. The first-order valence-corrected chi connectivity index (χ1v) is 8.60. The highest BCUT2D eigenvalue weighted by Crippen LogP contribution is 2.24.